The molecule has 0 amide bonds. The molecule has 0 fully saturated rings. The molecule has 1 aromatic carbocycles. The maximum Gasteiger partial charge on any atom is 0.346 e. The van der Waals surface area contributed by atoms with Crippen LogP contribution in [0, 0.1) is 5.82 Å². The van der Waals surface area contributed by atoms with Crippen molar-refractivity contribution in [2.45, 2.75) is 32.9 Å². The normalized spacial score (nSPS) is 11.8. The molecule has 0 spiro atoms. The predicted octanol–water partition coefficient (Wildman–Crippen LogP) is 2.17. The van der Waals surface area contributed by atoms with Gasteiger partial charge in [-0.2, -0.15) is 10.2 Å². The van der Waals surface area contributed by atoms with Crippen molar-refractivity contribution in [3.05, 3.63) is 64.9 Å². The minimum atomic E-state index is -0.380. The van der Waals surface area contributed by atoms with E-state index in [1.807, 2.05) is 20.8 Å². The highest BCUT2D eigenvalue weighted by Crippen LogP contribution is 2.13. The highest BCUT2D eigenvalue weighted by molar-refractivity contribution is 5.32. The van der Waals surface area contributed by atoms with E-state index in [-0.39, 0.29) is 23.6 Å². The van der Waals surface area contributed by atoms with Gasteiger partial charge in [0.05, 0.1) is 17.8 Å². The number of para-hydroxylation sites is 1. The summed E-state index contributed by atoms with van der Waals surface area (Å²) in [7, 11) is 0. The van der Waals surface area contributed by atoms with Crippen LogP contribution in [0.25, 0.3) is 5.69 Å². The molecule has 3 aromatic rings. The Labute approximate surface area is 132 Å². The second-order valence-corrected chi connectivity index (χ2v) is 6.33. The largest absolute Gasteiger partial charge is 0.346 e. The molecule has 0 atom stereocenters. The number of aromatic nitrogens is 5. The number of benzene rings is 1. The van der Waals surface area contributed by atoms with Crippen molar-refractivity contribution in [1.29, 1.82) is 0 Å². The van der Waals surface area contributed by atoms with Gasteiger partial charge in [-0.05, 0) is 39.0 Å². The molecular weight excluding hydrogens is 297 g/mol. The SMILES string of the molecule is CC(C)(C)n1ncn(Cc2ccn(-c3ccccc3F)n2)c1=O. The zero-order chi connectivity index (χ0) is 16.6. The summed E-state index contributed by atoms with van der Waals surface area (Å²) in [6.45, 7) is 6.03. The second kappa shape index (κ2) is 5.49. The predicted molar refractivity (Wildman–Crippen MR) is 84.1 cm³/mol. The summed E-state index contributed by atoms with van der Waals surface area (Å²) >= 11 is 0. The lowest BCUT2D eigenvalue weighted by Crippen LogP contribution is -2.35. The fraction of sp³-hybridized carbons (Fsp3) is 0.312. The lowest BCUT2D eigenvalue weighted by Gasteiger charge is -2.16. The number of nitrogens with zero attached hydrogens (tertiary/aromatic N) is 5. The van der Waals surface area contributed by atoms with E-state index < -0.39 is 0 Å². The maximum atomic E-state index is 13.8. The van der Waals surface area contributed by atoms with Crippen LogP contribution in [0.4, 0.5) is 4.39 Å². The van der Waals surface area contributed by atoms with Crippen LogP contribution >= 0.6 is 0 Å². The molecule has 0 bridgehead atoms. The van der Waals surface area contributed by atoms with E-state index in [0.717, 1.165) is 0 Å². The molecule has 0 aliphatic rings. The summed E-state index contributed by atoms with van der Waals surface area (Å²) in [4.78, 5) is 12.3. The lowest BCUT2D eigenvalue weighted by atomic mass is 10.1. The number of rotatable bonds is 3. The molecule has 0 N–H and O–H groups in total. The zero-order valence-corrected chi connectivity index (χ0v) is 13.3. The van der Waals surface area contributed by atoms with E-state index in [4.69, 9.17) is 0 Å². The average molecular weight is 315 g/mol. The van der Waals surface area contributed by atoms with Crippen LogP contribution < -0.4 is 5.69 Å². The molecule has 7 heteroatoms. The standard InChI is InChI=1S/C16H18FN5O/c1-16(2,3)22-15(23)20(11-18-22)10-12-8-9-21(19-12)14-7-5-4-6-13(14)17/h4-9,11H,10H2,1-3H3. The van der Waals surface area contributed by atoms with Crippen molar-refractivity contribution < 1.29 is 4.39 Å². The van der Waals surface area contributed by atoms with Crippen LogP contribution in [0.3, 0.4) is 0 Å². The third-order valence-corrected chi connectivity index (χ3v) is 3.44. The Morgan fingerprint density at radius 1 is 1.17 bits per heavy atom. The van der Waals surface area contributed by atoms with Gasteiger partial charge in [0.25, 0.3) is 0 Å². The third kappa shape index (κ3) is 2.94. The van der Waals surface area contributed by atoms with Crippen molar-refractivity contribution >= 4 is 0 Å². The van der Waals surface area contributed by atoms with E-state index in [0.29, 0.717) is 11.4 Å². The fourth-order valence-corrected chi connectivity index (χ4v) is 2.30. The van der Waals surface area contributed by atoms with E-state index in [1.54, 1.807) is 30.5 Å². The summed E-state index contributed by atoms with van der Waals surface area (Å²) in [5.41, 5.74) is 0.452. The van der Waals surface area contributed by atoms with Crippen LogP contribution in [-0.4, -0.2) is 24.1 Å². The van der Waals surface area contributed by atoms with Crippen molar-refractivity contribution in [1.82, 2.24) is 24.1 Å². The number of hydrogen-bond acceptors (Lipinski definition) is 3. The fourth-order valence-electron chi connectivity index (χ4n) is 2.30. The van der Waals surface area contributed by atoms with Gasteiger partial charge in [-0.3, -0.25) is 4.57 Å². The van der Waals surface area contributed by atoms with Crippen LogP contribution in [0.2, 0.25) is 0 Å². The van der Waals surface area contributed by atoms with Crippen molar-refractivity contribution in [2.24, 2.45) is 0 Å². The Kier molecular flexibility index (Phi) is 3.63. The Hall–Kier alpha value is -2.70. The number of halogens is 1. The van der Waals surface area contributed by atoms with Crippen molar-refractivity contribution in [2.75, 3.05) is 0 Å². The molecule has 6 nitrogen and oxygen atoms in total. The Bertz CT molecular complexity index is 884. The molecule has 0 radical (unpaired) electrons. The van der Waals surface area contributed by atoms with E-state index in [2.05, 4.69) is 10.2 Å². The van der Waals surface area contributed by atoms with E-state index in [9.17, 15) is 9.18 Å². The smallest absolute Gasteiger partial charge is 0.275 e. The summed E-state index contributed by atoms with van der Waals surface area (Å²) in [6, 6.07) is 8.17. The van der Waals surface area contributed by atoms with E-state index in [1.165, 1.54) is 26.3 Å². The van der Waals surface area contributed by atoms with Crippen LogP contribution in [0.1, 0.15) is 26.5 Å². The molecule has 120 valence electrons. The monoisotopic (exact) mass is 315 g/mol. The van der Waals surface area contributed by atoms with Gasteiger partial charge >= 0.3 is 5.69 Å². The van der Waals surface area contributed by atoms with Gasteiger partial charge in [-0.15, -0.1) is 0 Å². The summed E-state index contributed by atoms with van der Waals surface area (Å²) in [5.74, 6) is -0.347. The topological polar surface area (TPSA) is 57.6 Å². The van der Waals surface area contributed by atoms with Gasteiger partial charge < -0.3 is 0 Å². The van der Waals surface area contributed by atoms with Gasteiger partial charge in [0, 0.05) is 6.20 Å². The van der Waals surface area contributed by atoms with Gasteiger partial charge in [-0.1, -0.05) is 12.1 Å². The maximum absolute atomic E-state index is 13.8. The molecular formula is C16H18FN5O. The van der Waals surface area contributed by atoms with Crippen LogP contribution in [0.5, 0.6) is 0 Å². The quantitative estimate of drug-likeness (QED) is 0.744. The highest BCUT2D eigenvalue weighted by atomic mass is 19.1. The van der Waals surface area contributed by atoms with Gasteiger partial charge in [0.2, 0.25) is 0 Å². The van der Waals surface area contributed by atoms with E-state index >= 15 is 0 Å². The summed E-state index contributed by atoms with van der Waals surface area (Å²) in [6.07, 6.45) is 3.17. The average Bonchev–Trinajstić information content (AvgIpc) is 3.07. The Morgan fingerprint density at radius 3 is 2.57 bits per heavy atom. The third-order valence-electron chi connectivity index (χ3n) is 3.44. The molecule has 3 rings (SSSR count). The first kappa shape index (κ1) is 15.2. The van der Waals surface area contributed by atoms with Gasteiger partial charge in [-0.25, -0.2) is 18.5 Å². The molecule has 23 heavy (non-hydrogen) atoms. The Morgan fingerprint density at radius 2 is 1.91 bits per heavy atom. The summed E-state index contributed by atoms with van der Waals surface area (Å²) < 4.78 is 18.2. The molecule has 2 heterocycles. The first-order valence-electron chi connectivity index (χ1n) is 7.30. The first-order valence-corrected chi connectivity index (χ1v) is 7.30. The first-order chi connectivity index (χ1) is 10.9. The zero-order valence-electron chi connectivity index (χ0n) is 13.3. The van der Waals surface area contributed by atoms with Gasteiger partial charge in [0.15, 0.2) is 0 Å². The lowest BCUT2D eigenvalue weighted by molar-refractivity contribution is 0.340. The van der Waals surface area contributed by atoms with Crippen LogP contribution in [0.15, 0.2) is 47.7 Å². The Balaban J connectivity index is 1.87. The molecule has 2 aromatic heterocycles. The molecule has 0 aliphatic heterocycles. The molecule has 0 saturated carbocycles. The molecule has 0 saturated heterocycles. The molecule has 0 aliphatic carbocycles. The van der Waals surface area contributed by atoms with Crippen molar-refractivity contribution in [3.8, 4) is 5.69 Å². The summed E-state index contributed by atoms with van der Waals surface area (Å²) in [5, 5.41) is 8.46. The second-order valence-electron chi connectivity index (χ2n) is 6.33. The van der Waals surface area contributed by atoms with Gasteiger partial charge in [0.1, 0.15) is 17.8 Å². The van der Waals surface area contributed by atoms with Crippen LogP contribution in [-0.2, 0) is 12.1 Å². The minimum absolute atomic E-state index is 0.196. The number of hydrogen-bond donors (Lipinski definition) is 0. The highest BCUT2D eigenvalue weighted by Gasteiger charge is 2.19. The molecule has 0 unspecified atom stereocenters. The minimum Gasteiger partial charge on any atom is -0.275 e. The van der Waals surface area contributed by atoms with Crippen molar-refractivity contribution in [3.63, 3.8) is 0 Å².